The summed E-state index contributed by atoms with van der Waals surface area (Å²) in [5, 5.41) is 14.0. The Labute approximate surface area is 116 Å². The second-order valence-corrected chi connectivity index (χ2v) is 4.40. The van der Waals surface area contributed by atoms with E-state index in [1.54, 1.807) is 36.4 Å². The number of nitrogens with zero attached hydrogens (tertiary/aromatic N) is 1. The summed E-state index contributed by atoms with van der Waals surface area (Å²) in [5.74, 6) is -0.245. The Morgan fingerprint density at radius 1 is 1.05 bits per heavy atom. The van der Waals surface area contributed by atoms with Gasteiger partial charge in [-0.1, -0.05) is 36.4 Å². The van der Waals surface area contributed by atoms with Gasteiger partial charge in [-0.3, -0.25) is 10.1 Å². The predicted molar refractivity (Wildman–Crippen MR) is 74.9 cm³/mol. The van der Waals surface area contributed by atoms with Crippen molar-refractivity contribution in [2.24, 2.45) is 0 Å². The highest BCUT2D eigenvalue weighted by molar-refractivity contribution is 5.39. The summed E-state index contributed by atoms with van der Waals surface area (Å²) in [4.78, 5) is 10.5. The fourth-order valence-electron chi connectivity index (χ4n) is 1.99. The Morgan fingerprint density at radius 2 is 1.70 bits per heavy atom. The van der Waals surface area contributed by atoms with Crippen LogP contribution in [-0.2, 0) is 13.0 Å². The molecule has 0 unspecified atom stereocenters. The highest BCUT2D eigenvalue weighted by Gasteiger charge is 2.11. The van der Waals surface area contributed by atoms with E-state index in [-0.39, 0.29) is 16.4 Å². The molecular weight excluding hydrogens is 259 g/mol. The number of nitro groups is 1. The van der Waals surface area contributed by atoms with E-state index in [1.165, 1.54) is 12.1 Å². The molecule has 0 aliphatic rings. The standard InChI is InChI=1S/C15H15FN2O2/c16-14-7-3-1-6-13(14)11-17-10-9-12-5-2-4-8-15(12)18(19)20/h1-8,17H,9-11H2. The van der Waals surface area contributed by atoms with Gasteiger partial charge < -0.3 is 5.32 Å². The lowest BCUT2D eigenvalue weighted by Crippen LogP contribution is -2.17. The predicted octanol–water partition coefficient (Wildman–Crippen LogP) is 3.07. The quantitative estimate of drug-likeness (QED) is 0.500. The van der Waals surface area contributed by atoms with Crippen molar-refractivity contribution in [3.8, 4) is 0 Å². The van der Waals surface area contributed by atoms with Gasteiger partial charge in [0, 0.05) is 23.7 Å². The van der Waals surface area contributed by atoms with Crippen LogP contribution in [0.15, 0.2) is 48.5 Å². The molecule has 0 aromatic heterocycles. The van der Waals surface area contributed by atoms with E-state index in [1.807, 2.05) is 0 Å². The van der Waals surface area contributed by atoms with Crippen LogP contribution in [0.1, 0.15) is 11.1 Å². The molecule has 0 amide bonds. The number of hydrogen-bond donors (Lipinski definition) is 1. The summed E-state index contributed by atoms with van der Waals surface area (Å²) in [6, 6.07) is 13.2. The Balaban J connectivity index is 1.88. The van der Waals surface area contributed by atoms with E-state index >= 15 is 0 Å². The number of para-hydroxylation sites is 1. The number of hydrogen-bond acceptors (Lipinski definition) is 3. The van der Waals surface area contributed by atoms with Crippen LogP contribution >= 0.6 is 0 Å². The highest BCUT2D eigenvalue weighted by atomic mass is 19.1. The van der Waals surface area contributed by atoms with Gasteiger partial charge in [0.1, 0.15) is 5.82 Å². The third-order valence-electron chi connectivity index (χ3n) is 3.03. The maximum Gasteiger partial charge on any atom is 0.272 e. The maximum absolute atomic E-state index is 13.4. The van der Waals surface area contributed by atoms with Crippen molar-refractivity contribution in [2.45, 2.75) is 13.0 Å². The molecule has 0 heterocycles. The molecule has 0 aliphatic carbocycles. The first-order valence-electron chi connectivity index (χ1n) is 6.35. The van der Waals surface area contributed by atoms with Gasteiger partial charge in [0.15, 0.2) is 0 Å². The summed E-state index contributed by atoms with van der Waals surface area (Å²) < 4.78 is 13.4. The van der Waals surface area contributed by atoms with Crippen molar-refractivity contribution in [3.05, 3.63) is 75.6 Å². The maximum atomic E-state index is 13.4. The second kappa shape index (κ2) is 6.77. The van der Waals surface area contributed by atoms with Gasteiger partial charge in [-0.25, -0.2) is 4.39 Å². The van der Waals surface area contributed by atoms with E-state index < -0.39 is 0 Å². The minimum atomic E-state index is -0.383. The first-order chi connectivity index (χ1) is 9.68. The number of nitro benzene ring substituents is 1. The smallest absolute Gasteiger partial charge is 0.272 e. The molecule has 2 aromatic rings. The molecule has 20 heavy (non-hydrogen) atoms. The summed E-state index contributed by atoms with van der Waals surface area (Å²) >= 11 is 0. The molecule has 0 atom stereocenters. The van der Waals surface area contributed by atoms with Gasteiger partial charge in [-0.15, -0.1) is 0 Å². The Hall–Kier alpha value is -2.27. The van der Waals surface area contributed by atoms with Crippen molar-refractivity contribution >= 4 is 5.69 Å². The molecule has 0 saturated carbocycles. The lowest BCUT2D eigenvalue weighted by Gasteiger charge is -2.06. The van der Waals surface area contributed by atoms with Crippen LogP contribution in [0.4, 0.5) is 10.1 Å². The molecule has 0 spiro atoms. The first kappa shape index (κ1) is 14.1. The van der Waals surface area contributed by atoms with Crippen molar-refractivity contribution in [1.82, 2.24) is 5.32 Å². The van der Waals surface area contributed by atoms with Crippen molar-refractivity contribution in [1.29, 1.82) is 0 Å². The van der Waals surface area contributed by atoms with Crippen molar-refractivity contribution < 1.29 is 9.31 Å². The molecule has 4 nitrogen and oxygen atoms in total. The number of halogens is 1. The fourth-order valence-corrected chi connectivity index (χ4v) is 1.99. The Kier molecular flexibility index (Phi) is 4.79. The monoisotopic (exact) mass is 274 g/mol. The first-order valence-corrected chi connectivity index (χ1v) is 6.35. The van der Waals surface area contributed by atoms with E-state index in [4.69, 9.17) is 0 Å². The summed E-state index contributed by atoms with van der Waals surface area (Å²) in [5.41, 5.74) is 1.40. The van der Waals surface area contributed by atoms with Gasteiger partial charge in [-0.05, 0) is 19.0 Å². The molecule has 5 heteroatoms. The molecule has 2 aromatic carbocycles. The van der Waals surface area contributed by atoms with E-state index in [0.29, 0.717) is 30.6 Å². The zero-order valence-corrected chi connectivity index (χ0v) is 10.9. The molecular formula is C15H15FN2O2. The lowest BCUT2D eigenvalue weighted by atomic mass is 10.1. The van der Waals surface area contributed by atoms with Gasteiger partial charge in [0.25, 0.3) is 5.69 Å². The van der Waals surface area contributed by atoms with Crippen LogP contribution < -0.4 is 5.32 Å². The number of rotatable bonds is 6. The molecule has 0 radical (unpaired) electrons. The summed E-state index contributed by atoms with van der Waals surface area (Å²) in [6.45, 7) is 0.965. The topological polar surface area (TPSA) is 55.2 Å². The normalized spacial score (nSPS) is 10.4. The number of nitrogens with one attached hydrogen (secondary N) is 1. The molecule has 0 fully saturated rings. The zero-order chi connectivity index (χ0) is 14.4. The molecule has 2 rings (SSSR count). The molecule has 104 valence electrons. The number of benzene rings is 2. The van der Waals surface area contributed by atoms with Gasteiger partial charge >= 0.3 is 0 Å². The van der Waals surface area contributed by atoms with Gasteiger partial charge in [0.2, 0.25) is 0 Å². The average molecular weight is 274 g/mol. The van der Waals surface area contributed by atoms with Crippen LogP contribution in [0, 0.1) is 15.9 Å². The Bertz CT molecular complexity index is 602. The van der Waals surface area contributed by atoms with Crippen LogP contribution in [0.2, 0.25) is 0 Å². The molecule has 0 aliphatic heterocycles. The van der Waals surface area contributed by atoms with Gasteiger partial charge in [-0.2, -0.15) is 0 Å². The second-order valence-electron chi connectivity index (χ2n) is 4.40. The third kappa shape index (κ3) is 3.61. The third-order valence-corrected chi connectivity index (χ3v) is 3.03. The lowest BCUT2D eigenvalue weighted by molar-refractivity contribution is -0.385. The van der Waals surface area contributed by atoms with E-state index in [2.05, 4.69) is 5.32 Å². The van der Waals surface area contributed by atoms with Crippen molar-refractivity contribution in [3.63, 3.8) is 0 Å². The highest BCUT2D eigenvalue weighted by Crippen LogP contribution is 2.17. The average Bonchev–Trinajstić information content (AvgIpc) is 2.45. The van der Waals surface area contributed by atoms with E-state index in [9.17, 15) is 14.5 Å². The minimum absolute atomic E-state index is 0.125. The van der Waals surface area contributed by atoms with Crippen molar-refractivity contribution in [2.75, 3.05) is 6.54 Å². The fraction of sp³-hybridized carbons (Fsp3) is 0.200. The molecule has 0 saturated heterocycles. The minimum Gasteiger partial charge on any atom is -0.312 e. The summed E-state index contributed by atoms with van der Waals surface area (Å²) in [6.07, 6.45) is 0.533. The van der Waals surface area contributed by atoms with Crippen LogP contribution in [-0.4, -0.2) is 11.5 Å². The Morgan fingerprint density at radius 3 is 2.40 bits per heavy atom. The van der Waals surface area contributed by atoms with Crippen LogP contribution in [0.5, 0.6) is 0 Å². The molecule has 0 bridgehead atoms. The zero-order valence-electron chi connectivity index (χ0n) is 10.9. The summed E-state index contributed by atoms with van der Waals surface area (Å²) in [7, 11) is 0. The molecule has 1 N–H and O–H groups in total. The largest absolute Gasteiger partial charge is 0.312 e. The SMILES string of the molecule is O=[N+]([O-])c1ccccc1CCNCc1ccccc1F. The van der Waals surface area contributed by atoms with Gasteiger partial charge in [0.05, 0.1) is 4.92 Å². The van der Waals surface area contributed by atoms with E-state index in [0.717, 1.165) is 0 Å². The van der Waals surface area contributed by atoms with Crippen LogP contribution in [0.3, 0.4) is 0 Å². The van der Waals surface area contributed by atoms with Crippen LogP contribution in [0.25, 0.3) is 0 Å².